The number of hydrogen-bond acceptors (Lipinski definition) is 4. The van der Waals surface area contributed by atoms with Crippen LogP contribution < -0.4 is 5.32 Å². The molecule has 0 aliphatic carbocycles. The van der Waals surface area contributed by atoms with Crippen molar-refractivity contribution < 1.29 is 9.53 Å². The summed E-state index contributed by atoms with van der Waals surface area (Å²) in [6, 6.07) is 7.98. The van der Waals surface area contributed by atoms with Crippen molar-refractivity contribution in [1.82, 2.24) is 4.98 Å². The third-order valence-corrected chi connectivity index (χ3v) is 3.59. The summed E-state index contributed by atoms with van der Waals surface area (Å²) in [5.74, 6) is -0.0133. The second-order valence-corrected chi connectivity index (χ2v) is 5.17. The lowest BCUT2D eigenvalue weighted by Gasteiger charge is -2.21. The molecule has 108 valence electrons. The number of hydrogen-bond donors (Lipinski definition) is 2. The van der Waals surface area contributed by atoms with Crippen LogP contribution in [0.15, 0.2) is 47.2 Å². The van der Waals surface area contributed by atoms with E-state index in [1.807, 2.05) is 37.4 Å². The van der Waals surface area contributed by atoms with Crippen molar-refractivity contribution in [1.29, 1.82) is 0 Å². The van der Waals surface area contributed by atoms with Crippen LogP contribution >= 0.6 is 0 Å². The van der Waals surface area contributed by atoms with Gasteiger partial charge in [-0.2, -0.15) is 0 Å². The first-order valence-electron chi connectivity index (χ1n) is 6.82. The predicted octanol–water partition coefficient (Wildman–Crippen LogP) is 3.08. The number of allylic oxidation sites excluding steroid dienone is 1. The zero-order valence-electron chi connectivity index (χ0n) is 12.0. The molecule has 3 rings (SSSR count). The lowest BCUT2D eigenvalue weighted by molar-refractivity contribution is -0.143. The number of anilines is 1. The van der Waals surface area contributed by atoms with Gasteiger partial charge >= 0.3 is 5.97 Å². The molecule has 0 radical (unpaired) electrons. The second kappa shape index (κ2) is 5.44. The van der Waals surface area contributed by atoms with E-state index >= 15 is 0 Å². The number of carbonyl (C=O) groups excluding carboxylic acids is 1. The molecule has 5 heteroatoms. The van der Waals surface area contributed by atoms with Gasteiger partial charge in [-0.25, -0.2) is 4.99 Å². The maximum Gasteiger partial charge on any atom is 0.316 e. The number of benzene rings is 1. The molecule has 0 saturated heterocycles. The molecule has 0 amide bonds. The maximum atomic E-state index is 11.9. The fourth-order valence-corrected chi connectivity index (χ4v) is 2.48. The van der Waals surface area contributed by atoms with Crippen LogP contribution in [0.2, 0.25) is 0 Å². The lowest BCUT2D eigenvalue weighted by Crippen LogP contribution is -2.32. The first-order chi connectivity index (χ1) is 10.2. The van der Waals surface area contributed by atoms with Gasteiger partial charge in [0, 0.05) is 29.0 Å². The van der Waals surface area contributed by atoms with E-state index in [9.17, 15) is 4.79 Å². The molecule has 1 aliphatic heterocycles. The Morgan fingerprint density at radius 1 is 1.43 bits per heavy atom. The Bertz CT molecular complexity index is 743. The van der Waals surface area contributed by atoms with Gasteiger partial charge in [-0.1, -0.05) is 5.57 Å². The Kier molecular flexibility index (Phi) is 3.48. The topological polar surface area (TPSA) is 66.5 Å². The zero-order chi connectivity index (χ0) is 14.8. The van der Waals surface area contributed by atoms with E-state index in [1.165, 1.54) is 7.11 Å². The number of fused-ring (bicyclic) bond motifs is 1. The molecule has 0 bridgehead atoms. The Hall–Kier alpha value is -2.56. The Labute approximate surface area is 122 Å². The summed E-state index contributed by atoms with van der Waals surface area (Å²) >= 11 is 0. The van der Waals surface area contributed by atoms with E-state index in [2.05, 4.69) is 15.3 Å². The highest BCUT2D eigenvalue weighted by atomic mass is 16.5. The first-order valence-corrected chi connectivity index (χ1v) is 6.82. The minimum atomic E-state index is -0.373. The quantitative estimate of drug-likeness (QED) is 0.832. The number of aromatic nitrogens is 1. The van der Waals surface area contributed by atoms with E-state index in [0.29, 0.717) is 12.3 Å². The van der Waals surface area contributed by atoms with Gasteiger partial charge in [0.25, 0.3) is 0 Å². The van der Waals surface area contributed by atoms with Gasteiger partial charge in [0.2, 0.25) is 0 Å². The van der Waals surface area contributed by atoms with Crippen LogP contribution in [0.5, 0.6) is 0 Å². The number of amidine groups is 1. The summed E-state index contributed by atoms with van der Waals surface area (Å²) in [6.07, 6.45) is 4.32. The standard InChI is InChI=1S/C16H17N3O2/c1-10-7-13(16(20)21-2)15(18-9-10)19-12-3-4-14-11(8-12)5-6-17-14/h3-6,8-9,13,17H,7H2,1-2H3,(H,18,19). The molecule has 2 aromatic rings. The van der Waals surface area contributed by atoms with Crippen LogP contribution in [-0.4, -0.2) is 23.9 Å². The molecule has 21 heavy (non-hydrogen) atoms. The van der Waals surface area contributed by atoms with E-state index in [1.54, 1.807) is 6.20 Å². The Morgan fingerprint density at radius 3 is 3.10 bits per heavy atom. The Balaban J connectivity index is 1.88. The number of methoxy groups -OCH3 is 1. The summed E-state index contributed by atoms with van der Waals surface area (Å²) in [5, 5.41) is 4.35. The third kappa shape index (κ3) is 2.67. The summed E-state index contributed by atoms with van der Waals surface area (Å²) in [5.41, 5.74) is 3.05. The normalized spacial score (nSPS) is 18.1. The lowest BCUT2D eigenvalue weighted by atomic mass is 9.97. The number of H-pyrrole nitrogens is 1. The molecule has 2 N–H and O–H groups in total. The van der Waals surface area contributed by atoms with Crippen molar-refractivity contribution in [2.45, 2.75) is 13.3 Å². The fraction of sp³-hybridized carbons (Fsp3) is 0.250. The molecule has 5 nitrogen and oxygen atoms in total. The second-order valence-electron chi connectivity index (χ2n) is 5.17. The molecule has 1 unspecified atom stereocenters. The van der Waals surface area contributed by atoms with Crippen LogP contribution in [-0.2, 0) is 9.53 Å². The Morgan fingerprint density at radius 2 is 2.29 bits per heavy atom. The molecule has 0 spiro atoms. The van der Waals surface area contributed by atoms with Crippen molar-refractivity contribution in [3.63, 3.8) is 0 Å². The van der Waals surface area contributed by atoms with Crippen molar-refractivity contribution in [3.8, 4) is 0 Å². The molecule has 1 aliphatic rings. The summed E-state index contributed by atoms with van der Waals surface area (Å²) in [6.45, 7) is 1.96. The van der Waals surface area contributed by atoms with Gasteiger partial charge in [-0.3, -0.25) is 4.79 Å². The average Bonchev–Trinajstić information content (AvgIpc) is 2.96. The zero-order valence-corrected chi connectivity index (χ0v) is 12.0. The van der Waals surface area contributed by atoms with E-state index < -0.39 is 0 Å². The molecular weight excluding hydrogens is 266 g/mol. The minimum absolute atomic E-state index is 0.267. The van der Waals surface area contributed by atoms with Gasteiger partial charge in [0.15, 0.2) is 0 Å². The van der Waals surface area contributed by atoms with Crippen LogP contribution in [0.25, 0.3) is 10.9 Å². The number of ether oxygens (including phenoxy) is 1. The third-order valence-electron chi connectivity index (χ3n) is 3.59. The molecule has 1 aromatic heterocycles. The highest BCUT2D eigenvalue weighted by molar-refractivity contribution is 6.09. The fourth-order valence-electron chi connectivity index (χ4n) is 2.48. The number of rotatable bonds is 2. The SMILES string of the molecule is COC(=O)C1CC(C)=CN=C1Nc1ccc2[nH]ccc2c1. The van der Waals surface area contributed by atoms with Crippen molar-refractivity contribution >= 4 is 28.4 Å². The summed E-state index contributed by atoms with van der Waals surface area (Å²) < 4.78 is 4.87. The van der Waals surface area contributed by atoms with Crippen LogP contribution in [0.4, 0.5) is 5.69 Å². The highest BCUT2D eigenvalue weighted by Crippen LogP contribution is 2.23. The summed E-state index contributed by atoms with van der Waals surface area (Å²) in [4.78, 5) is 19.4. The number of aromatic amines is 1. The number of nitrogens with one attached hydrogen (secondary N) is 2. The minimum Gasteiger partial charge on any atom is -0.468 e. The monoisotopic (exact) mass is 283 g/mol. The summed E-state index contributed by atoms with van der Waals surface area (Å²) in [7, 11) is 1.40. The predicted molar refractivity (Wildman–Crippen MR) is 83.2 cm³/mol. The van der Waals surface area contributed by atoms with Crippen molar-refractivity contribution in [3.05, 3.63) is 42.2 Å². The van der Waals surface area contributed by atoms with Gasteiger partial charge in [-0.05, 0) is 37.6 Å². The van der Waals surface area contributed by atoms with E-state index in [-0.39, 0.29) is 11.9 Å². The number of nitrogens with zero attached hydrogens (tertiary/aromatic N) is 1. The average molecular weight is 283 g/mol. The smallest absolute Gasteiger partial charge is 0.316 e. The number of esters is 1. The highest BCUT2D eigenvalue weighted by Gasteiger charge is 2.28. The number of aliphatic imine (C=N–C) groups is 1. The van der Waals surface area contributed by atoms with Gasteiger partial charge in [-0.15, -0.1) is 0 Å². The van der Waals surface area contributed by atoms with Crippen LogP contribution in [0.1, 0.15) is 13.3 Å². The molecule has 1 aromatic carbocycles. The van der Waals surface area contributed by atoms with Gasteiger partial charge in [0.1, 0.15) is 11.8 Å². The van der Waals surface area contributed by atoms with E-state index in [0.717, 1.165) is 22.2 Å². The van der Waals surface area contributed by atoms with E-state index in [4.69, 9.17) is 4.74 Å². The van der Waals surface area contributed by atoms with Gasteiger partial charge in [0.05, 0.1) is 7.11 Å². The molecule has 0 fully saturated rings. The molecule has 0 saturated carbocycles. The van der Waals surface area contributed by atoms with Gasteiger partial charge < -0.3 is 15.0 Å². The molecule has 2 heterocycles. The van der Waals surface area contributed by atoms with Crippen molar-refractivity contribution in [2.24, 2.45) is 10.9 Å². The number of carbonyl (C=O) groups is 1. The maximum absolute atomic E-state index is 11.9. The largest absolute Gasteiger partial charge is 0.468 e. The van der Waals surface area contributed by atoms with Crippen LogP contribution in [0, 0.1) is 5.92 Å². The molecular formula is C16H17N3O2. The first kappa shape index (κ1) is 13.4. The van der Waals surface area contributed by atoms with Crippen molar-refractivity contribution in [2.75, 3.05) is 12.4 Å². The van der Waals surface area contributed by atoms with Crippen LogP contribution in [0.3, 0.4) is 0 Å². The molecule has 1 atom stereocenters.